The van der Waals surface area contributed by atoms with Crippen molar-refractivity contribution in [2.45, 2.75) is 13.5 Å². The van der Waals surface area contributed by atoms with Crippen LogP contribution >= 0.6 is 30.4 Å². The van der Waals surface area contributed by atoms with E-state index in [-0.39, 0.29) is 5.95 Å². The van der Waals surface area contributed by atoms with Crippen LogP contribution in [0.2, 0.25) is 0 Å². The molecule has 0 fully saturated rings. The summed E-state index contributed by atoms with van der Waals surface area (Å²) in [4.78, 5) is 25.9. The largest absolute Gasteiger partial charge is 0.464 e. The van der Waals surface area contributed by atoms with E-state index in [2.05, 4.69) is 20.1 Å². The van der Waals surface area contributed by atoms with Gasteiger partial charge in [-0.2, -0.15) is 9.50 Å². The lowest BCUT2D eigenvalue weighted by molar-refractivity contribution is 0.0587. The minimum Gasteiger partial charge on any atom is -0.464 e. The Hall–Kier alpha value is -2.49. The van der Waals surface area contributed by atoms with Gasteiger partial charge in [0, 0.05) is 41.1 Å². The number of aryl methyl sites for hydroxylation is 1. The molecule has 4 aromatic heterocycles. The molecule has 13 heteroatoms. The summed E-state index contributed by atoms with van der Waals surface area (Å²) in [7, 11) is 3.56. The first-order valence-electron chi connectivity index (χ1n) is 8.96. The molecule has 164 valence electrons. The molecule has 0 bridgehead atoms. The third-order valence-electron chi connectivity index (χ3n) is 4.46. The highest BCUT2D eigenvalue weighted by molar-refractivity contribution is 14.2. The van der Waals surface area contributed by atoms with E-state index in [0.717, 1.165) is 7.11 Å². The van der Waals surface area contributed by atoms with E-state index in [1.165, 1.54) is 20.8 Å². The van der Waals surface area contributed by atoms with Crippen LogP contribution in [0.3, 0.4) is 0 Å². The van der Waals surface area contributed by atoms with E-state index >= 15 is 0 Å². The Bertz CT molecular complexity index is 1210. The molecule has 0 spiro atoms. The summed E-state index contributed by atoms with van der Waals surface area (Å²) in [5, 5.41) is 12.1. The lowest BCUT2D eigenvalue weighted by Crippen LogP contribution is -2.14. The zero-order chi connectivity index (χ0) is 22.5. The van der Waals surface area contributed by atoms with E-state index in [9.17, 15) is 4.79 Å². The van der Waals surface area contributed by atoms with Crippen molar-refractivity contribution in [1.82, 2.24) is 29.1 Å². The van der Waals surface area contributed by atoms with E-state index in [4.69, 9.17) is 19.8 Å². The van der Waals surface area contributed by atoms with Crippen molar-refractivity contribution in [2.24, 2.45) is 0 Å². The van der Waals surface area contributed by atoms with Gasteiger partial charge in [-0.25, -0.2) is 9.78 Å². The monoisotopic (exact) mass is 557 g/mol. The highest BCUT2D eigenvalue weighted by atomic mass is 127. The molecule has 4 aromatic rings. The number of aromatic nitrogens is 6. The van der Waals surface area contributed by atoms with Gasteiger partial charge in [0.2, 0.25) is 11.8 Å². The average molecular weight is 557 g/mol. The number of aliphatic hydroxyl groups is 1. The first kappa shape index (κ1) is 23.2. The predicted octanol–water partition coefficient (Wildman–Crippen LogP) is 2.44. The van der Waals surface area contributed by atoms with Crippen LogP contribution in [-0.2, 0) is 15.5 Å². The van der Waals surface area contributed by atoms with E-state index in [0.29, 0.717) is 52.6 Å². The molecule has 0 aliphatic heterocycles. The molecule has 0 saturated carbocycles. The Kier molecular flexibility index (Phi) is 7.64. The van der Waals surface area contributed by atoms with Gasteiger partial charge in [-0.15, -0.1) is 5.10 Å². The van der Waals surface area contributed by atoms with Gasteiger partial charge in [0.1, 0.15) is 17.0 Å². The zero-order valence-corrected chi connectivity index (χ0v) is 19.9. The van der Waals surface area contributed by atoms with Gasteiger partial charge in [0.05, 0.1) is 28.3 Å². The Balaban J connectivity index is 0.00000132. The lowest BCUT2D eigenvalue weighted by Gasteiger charge is -2.09. The minimum atomic E-state index is -0.469. The van der Waals surface area contributed by atoms with E-state index in [1.807, 2.05) is 46.3 Å². The number of nitrogens with zero attached hydrogens (tertiary/aromatic N) is 6. The maximum atomic E-state index is 12.5. The van der Waals surface area contributed by atoms with Crippen molar-refractivity contribution in [3.8, 4) is 11.5 Å². The topological polar surface area (TPSA) is 143 Å². The molecule has 0 saturated heterocycles. The van der Waals surface area contributed by atoms with Crippen molar-refractivity contribution in [2.75, 3.05) is 26.6 Å². The first-order chi connectivity index (χ1) is 15.1. The van der Waals surface area contributed by atoms with Gasteiger partial charge in [-0.3, -0.25) is 4.98 Å². The number of anilines is 1. The molecule has 0 unspecified atom stereocenters. The van der Waals surface area contributed by atoms with Gasteiger partial charge in [0.15, 0.2) is 5.65 Å². The third-order valence-corrected chi connectivity index (χ3v) is 5.48. The molecule has 0 aromatic carbocycles. The van der Waals surface area contributed by atoms with Crippen LogP contribution in [0.15, 0.2) is 24.4 Å². The number of methoxy groups -OCH3 is 1. The fourth-order valence-corrected chi connectivity index (χ4v) is 3.92. The maximum Gasteiger partial charge on any atom is 0.355 e. The number of esters is 1. The highest BCUT2D eigenvalue weighted by Crippen LogP contribution is 2.30. The number of fused-ring (bicyclic) bond motifs is 3. The second-order valence-electron chi connectivity index (χ2n) is 6.06. The van der Waals surface area contributed by atoms with Crippen molar-refractivity contribution < 1.29 is 18.8 Å². The second kappa shape index (κ2) is 10.2. The van der Waals surface area contributed by atoms with Gasteiger partial charge in [-0.1, -0.05) is 6.07 Å². The van der Waals surface area contributed by atoms with Crippen LogP contribution in [0.4, 0.5) is 5.95 Å². The van der Waals surface area contributed by atoms with Gasteiger partial charge >= 0.3 is 5.97 Å². The van der Waals surface area contributed by atoms with E-state index in [1.54, 1.807) is 10.8 Å². The number of nitrogens with two attached hydrogens (primary N) is 1. The molecule has 0 aliphatic carbocycles. The fraction of sp³-hybridized carbons (Fsp3) is 0.278. The number of aliphatic hydroxyl groups excluding tert-OH is 1. The number of carbonyl (C=O) groups excluding carboxylic acids is 1. The smallest absolute Gasteiger partial charge is 0.355 e. The summed E-state index contributed by atoms with van der Waals surface area (Å²) >= 11 is 2.04. The molecular weight excluding hydrogens is 537 g/mol. The van der Waals surface area contributed by atoms with Crippen LogP contribution < -0.4 is 5.73 Å². The molecule has 31 heavy (non-hydrogen) atoms. The van der Waals surface area contributed by atoms with E-state index < -0.39 is 5.97 Å². The number of hydrogen-bond acceptors (Lipinski definition) is 10. The number of carbonyl (C=O) groups is 1. The Morgan fingerprint density at radius 2 is 2.06 bits per heavy atom. The number of rotatable bonds is 6. The van der Waals surface area contributed by atoms with Crippen molar-refractivity contribution in [1.29, 1.82) is 0 Å². The summed E-state index contributed by atoms with van der Waals surface area (Å²) in [5.74, 6) is 0.105. The third kappa shape index (κ3) is 4.30. The molecule has 0 aliphatic rings. The SMILES string of the molecule is CO.COC(=O)c1c(C)c2c(nc(N)n3nc(-c4ccccn4)nc23)n1CCOSI. The number of hydrogen-bond donors (Lipinski definition) is 2. The van der Waals surface area contributed by atoms with Crippen molar-refractivity contribution in [3.05, 3.63) is 35.7 Å². The fourth-order valence-electron chi connectivity index (χ4n) is 3.24. The van der Waals surface area contributed by atoms with Crippen LogP contribution in [0, 0.1) is 6.92 Å². The van der Waals surface area contributed by atoms with Crippen LogP contribution in [0.5, 0.6) is 0 Å². The average Bonchev–Trinajstić information content (AvgIpc) is 3.36. The Morgan fingerprint density at radius 1 is 1.29 bits per heavy atom. The molecule has 0 radical (unpaired) electrons. The second-order valence-corrected chi connectivity index (χ2v) is 7.50. The van der Waals surface area contributed by atoms with Crippen molar-refractivity contribution in [3.63, 3.8) is 0 Å². The van der Waals surface area contributed by atoms with Gasteiger partial charge in [0.25, 0.3) is 0 Å². The zero-order valence-electron chi connectivity index (χ0n) is 16.9. The Labute approximate surface area is 193 Å². The predicted molar refractivity (Wildman–Crippen MR) is 126 cm³/mol. The number of ether oxygens (including phenoxy) is 1. The molecule has 4 rings (SSSR count). The standard InChI is InChI=1S/C17H16IN7O3S.CH4O/c1-9-11-14(24(7-8-28-29-18)12(9)16(26)27-2)22-17(19)25-15(11)21-13(23-25)10-5-3-4-6-20-10;1-2/h3-6H,7-8H2,1-2H3,(H2,19,22);2H,1H3. The molecule has 4 heterocycles. The molecule has 0 atom stereocenters. The maximum absolute atomic E-state index is 12.5. The molecule has 3 N–H and O–H groups in total. The molecule has 11 nitrogen and oxygen atoms in total. The molecule has 0 amide bonds. The van der Waals surface area contributed by atoms with Crippen LogP contribution in [0.1, 0.15) is 16.1 Å². The summed E-state index contributed by atoms with van der Waals surface area (Å²) in [5.41, 5.74) is 8.87. The summed E-state index contributed by atoms with van der Waals surface area (Å²) in [6, 6.07) is 5.48. The van der Waals surface area contributed by atoms with Gasteiger partial charge in [-0.05, 0) is 24.6 Å². The summed E-state index contributed by atoms with van der Waals surface area (Å²) < 4.78 is 13.6. The molecular formula is C18H20IN7O4S. The highest BCUT2D eigenvalue weighted by Gasteiger charge is 2.26. The van der Waals surface area contributed by atoms with Crippen LogP contribution in [0.25, 0.3) is 28.2 Å². The first-order valence-corrected chi connectivity index (χ1v) is 12.2. The summed E-state index contributed by atoms with van der Waals surface area (Å²) in [6.45, 7) is 2.60. The normalized spacial score (nSPS) is 10.9. The quantitative estimate of drug-likeness (QED) is 0.157. The number of halogens is 1. The van der Waals surface area contributed by atoms with Crippen LogP contribution in [-0.4, -0.2) is 61.0 Å². The summed E-state index contributed by atoms with van der Waals surface area (Å²) in [6.07, 6.45) is 1.67. The lowest BCUT2D eigenvalue weighted by atomic mass is 10.2. The minimum absolute atomic E-state index is 0.154. The number of pyridine rings is 1. The van der Waals surface area contributed by atoms with Crippen molar-refractivity contribution >= 4 is 59.0 Å². The van der Waals surface area contributed by atoms with Gasteiger partial charge < -0.3 is 24.3 Å². The Morgan fingerprint density at radius 3 is 2.71 bits per heavy atom. The number of nitrogen functional groups attached to an aromatic ring is 1.